The highest BCUT2D eigenvalue weighted by Gasteiger charge is 2.40. The zero-order valence-electron chi connectivity index (χ0n) is 8.92. The Balaban J connectivity index is 2.40. The van der Waals surface area contributed by atoms with E-state index in [9.17, 15) is 9.59 Å². The van der Waals surface area contributed by atoms with Gasteiger partial charge >= 0.3 is 0 Å². The topological polar surface area (TPSA) is 112 Å². The highest BCUT2D eigenvalue weighted by atomic mass is 16.5. The molecule has 4 N–H and O–H groups in total. The normalized spacial score (nSPS) is 23.2. The van der Waals surface area contributed by atoms with Gasteiger partial charge in [-0.05, 0) is 6.42 Å². The first-order valence-corrected chi connectivity index (χ1v) is 4.96. The molecule has 0 fully saturated rings. The lowest BCUT2D eigenvalue weighted by atomic mass is 9.77. The third kappa shape index (κ3) is 1.73. The number of carbonyl (C=O) groups is 2. The fraction of sp³-hybridized carbons (Fsp3) is 0.182. The van der Waals surface area contributed by atoms with Gasteiger partial charge in [0.1, 0.15) is 5.41 Å². The zero-order chi connectivity index (χ0) is 12.5. The van der Waals surface area contributed by atoms with E-state index < -0.39 is 17.2 Å². The lowest BCUT2D eigenvalue weighted by Crippen LogP contribution is -2.40. The molecule has 1 aromatic heterocycles. The number of nitrogens with two attached hydrogens (primary N) is 2. The molecule has 0 saturated carbocycles. The predicted octanol–water partition coefficient (Wildman–Crippen LogP) is -0.231. The molecule has 0 saturated heterocycles. The van der Waals surface area contributed by atoms with Crippen LogP contribution in [-0.2, 0) is 15.0 Å². The number of rotatable bonds is 3. The van der Waals surface area contributed by atoms with Crippen molar-refractivity contribution in [3.05, 3.63) is 41.8 Å². The van der Waals surface area contributed by atoms with Crippen molar-refractivity contribution in [3.8, 4) is 0 Å². The van der Waals surface area contributed by atoms with Crippen molar-refractivity contribution in [2.75, 3.05) is 0 Å². The molecule has 2 rings (SSSR count). The predicted molar refractivity (Wildman–Crippen MR) is 58.4 cm³/mol. The molecule has 1 aliphatic carbocycles. The smallest absolute Gasteiger partial charge is 0.248 e. The maximum atomic E-state index is 11.6. The Morgan fingerprint density at radius 2 is 2.18 bits per heavy atom. The molecule has 1 atom stereocenters. The maximum Gasteiger partial charge on any atom is 0.248 e. The summed E-state index contributed by atoms with van der Waals surface area (Å²) in [5, 5.41) is 3.55. The summed E-state index contributed by atoms with van der Waals surface area (Å²) in [5.74, 6) is -0.761. The first-order valence-electron chi connectivity index (χ1n) is 4.96. The van der Waals surface area contributed by atoms with E-state index in [-0.39, 0.29) is 6.42 Å². The second-order valence-corrected chi connectivity index (χ2v) is 3.77. The minimum Gasteiger partial charge on any atom is -0.369 e. The quantitative estimate of drug-likeness (QED) is 0.750. The molecular formula is C11H11N3O3. The van der Waals surface area contributed by atoms with Crippen LogP contribution in [0.5, 0.6) is 0 Å². The van der Waals surface area contributed by atoms with Crippen LogP contribution in [0.4, 0.5) is 0 Å². The summed E-state index contributed by atoms with van der Waals surface area (Å²) < 4.78 is 4.99. The van der Waals surface area contributed by atoms with Gasteiger partial charge in [-0.2, -0.15) is 0 Å². The van der Waals surface area contributed by atoms with Gasteiger partial charge in [-0.25, -0.2) is 0 Å². The Bertz CT molecular complexity index is 516. The third-order valence-electron chi connectivity index (χ3n) is 2.79. The van der Waals surface area contributed by atoms with Crippen molar-refractivity contribution < 1.29 is 14.1 Å². The monoisotopic (exact) mass is 233 g/mol. The van der Waals surface area contributed by atoms with Crippen LogP contribution in [0.1, 0.15) is 12.2 Å². The van der Waals surface area contributed by atoms with E-state index in [4.69, 9.17) is 16.0 Å². The highest BCUT2D eigenvalue weighted by Crippen LogP contribution is 2.33. The van der Waals surface area contributed by atoms with Gasteiger partial charge in [-0.3, -0.25) is 9.59 Å². The molecule has 1 aliphatic rings. The molecule has 0 bridgehead atoms. The minimum atomic E-state index is -1.09. The molecular weight excluding hydrogens is 222 g/mol. The summed E-state index contributed by atoms with van der Waals surface area (Å²) in [6.45, 7) is 0. The zero-order valence-corrected chi connectivity index (χ0v) is 8.92. The van der Waals surface area contributed by atoms with Gasteiger partial charge in [0.2, 0.25) is 11.8 Å². The summed E-state index contributed by atoms with van der Waals surface area (Å²) in [5.41, 5.74) is 9.79. The number of primary amides is 2. The summed E-state index contributed by atoms with van der Waals surface area (Å²) in [6.07, 6.45) is 6.22. The molecule has 0 aliphatic heterocycles. The van der Waals surface area contributed by atoms with E-state index in [0.717, 1.165) is 0 Å². The number of allylic oxidation sites excluding steroid dienone is 1. The molecule has 0 radical (unpaired) electrons. The van der Waals surface area contributed by atoms with Gasteiger partial charge in [0.25, 0.3) is 0 Å². The first-order chi connectivity index (χ1) is 8.06. The van der Waals surface area contributed by atoms with Crippen LogP contribution in [-0.4, -0.2) is 17.0 Å². The number of aromatic nitrogens is 1. The molecule has 6 heteroatoms. The Morgan fingerprint density at radius 1 is 1.41 bits per heavy atom. The summed E-state index contributed by atoms with van der Waals surface area (Å²) in [6, 6.07) is 1.57. The molecule has 88 valence electrons. The lowest BCUT2D eigenvalue weighted by molar-refractivity contribution is -0.122. The molecule has 1 heterocycles. The van der Waals surface area contributed by atoms with Gasteiger partial charge in [0, 0.05) is 11.6 Å². The third-order valence-corrected chi connectivity index (χ3v) is 2.79. The molecule has 2 amide bonds. The van der Waals surface area contributed by atoms with Gasteiger partial charge in [-0.15, -0.1) is 0 Å². The highest BCUT2D eigenvalue weighted by molar-refractivity contribution is 5.97. The molecule has 17 heavy (non-hydrogen) atoms. The van der Waals surface area contributed by atoms with Crippen LogP contribution < -0.4 is 11.5 Å². The van der Waals surface area contributed by atoms with E-state index >= 15 is 0 Å². The number of carbonyl (C=O) groups excluding carboxylic acids is 2. The largest absolute Gasteiger partial charge is 0.369 e. The van der Waals surface area contributed by atoms with Crippen LogP contribution >= 0.6 is 0 Å². The van der Waals surface area contributed by atoms with E-state index in [1.54, 1.807) is 12.1 Å². The van der Waals surface area contributed by atoms with Crippen LogP contribution in [0.3, 0.4) is 0 Å². The maximum absolute atomic E-state index is 11.6. The van der Waals surface area contributed by atoms with Crippen LogP contribution in [0.15, 0.2) is 40.6 Å². The number of hydrogen-bond acceptors (Lipinski definition) is 4. The molecule has 0 spiro atoms. The van der Waals surface area contributed by atoms with Gasteiger partial charge < -0.3 is 16.0 Å². The second kappa shape index (κ2) is 3.89. The van der Waals surface area contributed by atoms with Crippen LogP contribution in [0, 0.1) is 0 Å². The molecule has 1 unspecified atom stereocenters. The molecule has 1 aromatic rings. The van der Waals surface area contributed by atoms with Crippen molar-refractivity contribution in [2.45, 2.75) is 11.8 Å². The van der Waals surface area contributed by atoms with Crippen molar-refractivity contribution >= 4 is 11.8 Å². The van der Waals surface area contributed by atoms with Crippen molar-refractivity contribution in [2.24, 2.45) is 11.5 Å². The Hall–Kier alpha value is -2.37. The SMILES string of the molecule is NC(=O)C1=CCC(C(N)=O)(c2ccno2)C=C1. The number of amides is 2. The Morgan fingerprint density at radius 3 is 2.59 bits per heavy atom. The fourth-order valence-electron chi connectivity index (χ4n) is 1.75. The number of hydrogen-bond donors (Lipinski definition) is 2. The Labute approximate surface area is 96.9 Å². The Kier molecular flexibility index (Phi) is 2.55. The average molecular weight is 233 g/mol. The second-order valence-electron chi connectivity index (χ2n) is 3.77. The van der Waals surface area contributed by atoms with E-state index in [0.29, 0.717) is 11.3 Å². The van der Waals surface area contributed by atoms with Gasteiger partial charge in [-0.1, -0.05) is 23.4 Å². The molecule has 6 nitrogen and oxygen atoms in total. The summed E-state index contributed by atoms with van der Waals surface area (Å²) >= 11 is 0. The van der Waals surface area contributed by atoms with Gasteiger partial charge in [0.05, 0.1) is 6.20 Å². The lowest BCUT2D eigenvalue weighted by Gasteiger charge is -2.25. The fourth-order valence-corrected chi connectivity index (χ4v) is 1.75. The standard InChI is InChI=1S/C11H11N3O3/c12-9(15)7-1-4-11(5-2-7,10(13)16)8-3-6-14-17-8/h1-4,6H,5H2,(H2,12,15)(H2,13,16). The van der Waals surface area contributed by atoms with E-state index in [1.165, 1.54) is 18.3 Å². The van der Waals surface area contributed by atoms with Gasteiger partial charge in [0.15, 0.2) is 5.76 Å². The van der Waals surface area contributed by atoms with Crippen LogP contribution in [0.2, 0.25) is 0 Å². The van der Waals surface area contributed by atoms with E-state index in [2.05, 4.69) is 5.16 Å². The first kappa shape index (κ1) is 11.1. The number of nitrogens with zero attached hydrogens (tertiary/aromatic N) is 1. The average Bonchev–Trinajstić information content (AvgIpc) is 2.82. The summed E-state index contributed by atoms with van der Waals surface area (Å²) in [7, 11) is 0. The molecule has 0 aromatic carbocycles. The van der Waals surface area contributed by atoms with E-state index in [1.807, 2.05) is 0 Å². The van der Waals surface area contributed by atoms with Crippen molar-refractivity contribution in [1.82, 2.24) is 5.16 Å². The minimum absolute atomic E-state index is 0.228. The van der Waals surface area contributed by atoms with Crippen LogP contribution in [0.25, 0.3) is 0 Å². The summed E-state index contributed by atoms with van der Waals surface area (Å²) in [4.78, 5) is 22.6. The van der Waals surface area contributed by atoms with Crippen molar-refractivity contribution in [3.63, 3.8) is 0 Å². The van der Waals surface area contributed by atoms with Crippen molar-refractivity contribution in [1.29, 1.82) is 0 Å².